The summed E-state index contributed by atoms with van der Waals surface area (Å²) in [5.74, 6) is -3.16. The van der Waals surface area contributed by atoms with Crippen molar-refractivity contribution in [3.63, 3.8) is 0 Å². The fourth-order valence-electron chi connectivity index (χ4n) is 1.30. The van der Waals surface area contributed by atoms with Crippen LogP contribution in [0.3, 0.4) is 0 Å². The summed E-state index contributed by atoms with van der Waals surface area (Å²) in [7, 11) is 0. The van der Waals surface area contributed by atoms with E-state index < -0.39 is 24.9 Å². The van der Waals surface area contributed by atoms with Crippen LogP contribution >= 0.6 is 12.4 Å². The lowest BCUT2D eigenvalue weighted by Crippen LogP contribution is -2.43. The topological polar surface area (TPSA) is 64.3 Å². The number of carbonyl (C=O) groups is 1. The minimum atomic E-state index is -3.09. The van der Waals surface area contributed by atoms with E-state index in [9.17, 15) is 13.6 Å². The predicted octanol–water partition coefficient (Wildman–Crippen LogP) is 1.81. The minimum Gasteiger partial charge on any atom is -0.484 e. The van der Waals surface area contributed by atoms with Gasteiger partial charge in [0.15, 0.2) is 6.61 Å². The fourth-order valence-corrected chi connectivity index (χ4v) is 1.30. The summed E-state index contributed by atoms with van der Waals surface area (Å²) in [5, 5.41) is 2.08. The van der Waals surface area contributed by atoms with E-state index in [4.69, 9.17) is 10.5 Å². The molecule has 114 valence electrons. The maximum Gasteiger partial charge on any atom is 0.277 e. The number of halogens is 3. The number of alkyl halides is 2. The number of carbonyl (C=O) groups excluding carboxylic acids is 1. The molecular weight excluding hydrogens is 290 g/mol. The van der Waals surface area contributed by atoms with Crippen molar-refractivity contribution in [3.05, 3.63) is 29.3 Å². The zero-order valence-corrected chi connectivity index (χ0v) is 12.2. The number of aryl methyl sites for hydroxylation is 2. The van der Waals surface area contributed by atoms with E-state index in [0.717, 1.165) is 11.1 Å². The standard InChI is InChI=1S/C13H18F2N2O2.ClH/c1-9-3-4-11(5-10(9)2)19-6-12(18)17-8-13(14,15)7-16;/h3-5H,6-8,16H2,1-2H3,(H,17,18);1H. The van der Waals surface area contributed by atoms with Crippen molar-refractivity contribution in [2.75, 3.05) is 19.7 Å². The third-order valence-corrected chi connectivity index (χ3v) is 2.69. The van der Waals surface area contributed by atoms with Crippen LogP contribution in [0.1, 0.15) is 11.1 Å². The van der Waals surface area contributed by atoms with Gasteiger partial charge in [-0.3, -0.25) is 4.79 Å². The fraction of sp³-hybridized carbons (Fsp3) is 0.462. The highest BCUT2D eigenvalue weighted by Crippen LogP contribution is 2.16. The molecule has 0 aliphatic carbocycles. The van der Waals surface area contributed by atoms with E-state index in [1.807, 2.05) is 19.9 Å². The number of nitrogens with one attached hydrogen (secondary N) is 1. The first kappa shape index (κ1) is 18.6. The van der Waals surface area contributed by atoms with Crippen molar-refractivity contribution < 1.29 is 18.3 Å². The average molecular weight is 309 g/mol. The molecule has 0 aromatic heterocycles. The molecule has 0 unspecified atom stereocenters. The maximum absolute atomic E-state index is 12.8. The molecule has 0 saturated heterocycles. The third-order valence-electron chi connectivity index (χ3n) is 2.69. The molecule has 0 atom stereocenters. The number of ether oxygens (including phenoxy) is 1. The normalized spacial score (nSPS) is 10.7. The van der Waals surface area contributed by atoms with Gasteiger partial charge in [-0.05, 0) is 37.1 Å². The third kappa shape index (κ3) is 6.16. The maximum atomic E-state index is 12.8. The van der Waals surface area contributed by atoms with Gasteiger partial charge in [-0.1, -0.05) is 6.07 Å². The van der Waals surface area contributed by atoms with Crippen LogP contribution in [0.4, 0.5) is 8.78 Å². The highest BCUT2D eigenvalue weighted by molar-refractivity contribution is 5.85. The Kier molecular flexibility index (Phi) is 7.45. The Morgan fingerprint density at radius 1 is 1.35 bits per heavy atom. The smallest absolute Gasteiger partial charge is 0.277 e. The van der Waals surface area contributed by atoms with Crippen LogP contribution in [-0.2, 0) is 4.79 Å². The second-order valence-electron chi connectivity index (χ2n) is 4.37. The molecular formula is C13H19ClF2N2O2. The van der Waals surface area contributed by atoms with Crippen LogP contribution in [0.15, 0.2) is 18.2 Å². The lowest BCUT2D eigenvalue weighted by molar-refractivity contribution is -0.124. The summed E-state index contributed by atoms with van der Waals surface area (Å²) in [6.45, 7) is 2.00. The molecule has 0 bridgehead atoms. The Morgan fingerprint density at radius 3 is 2.55 bits per heavy atom. The van der Waals surface area contributed by atoms with E-state index >= 15 is 0 Å². The number of hydrogen-bond acceptors (Lipinski definition) is 3. The van der Waals surface area contributed by atoms with Gasteiger partial charge in [-0.15, -0.1) is 12.4 Å². The largest absolute Gasteiger partial charge is 0.484 e. The first-order valence-corrected chi connectivity index (χ1v) is 5.89. The molecule has 0 radical (unpaired) electrons. The minimum absolute atomic E-state index is 0. The van der Waals surface area contributed by atoms with Crippen LogP contribution < -0.4 is 15.8 Å². The van der Waals surface area contributed by atoms with Crippen LogP contribution in [0.2, 0.25) is 0 Å². The Morgan fingerprint density at radius 2 is 2.00 bits per heavy atom. The van der Waals surface area contributed by atoms with Gasteiger partial charge in [0.05, 0.1) is 13.1 Å². The van der Waals surface area contributed by atoms with Crippen molar-refractivity contribution in [3.8, 4) is 5.75 Å². The van der Waals surface area contributed by atoms with Gasteiger partial charge in [0.1, 0.15) is 5.75 Å². The van der Waals surface area contributed by atoms with Crippen LogP contribution in [0, 0.1) is 13.8 Å². The number of rotatable bonds is 6. The van der Waals surface area contributed by atoms with E-state index in [0.29, 0.717) is 5.75 Å². The van der Waals surface area contributed by atoms with Crippen LogP contribution in [0.25, 0.3) is 0 Å². The lowest BCUT2D eigenvalue weighted by atomic mass is 10.1. The molecule has 0 spiro atoms. The first-order chi connectivity index (χ1) is 8.84. The van der Waals surface area contributed by atoms with Gasteiger partial charge >= 0.3 is 0 Å². The summed E-state index contributed by atoms with van der Waals surface area (Å²) in [4.78, 5) is 11.3. The highest BCUT2D eigenvalue weighted by Gasteiger charge is 2.27. The van der Waals surface area contributed by atoms with Crippen molar-refractivity contribution in [1.29, 1.82) is 0 Å². The summed E-state index contributed by atoms with van der Waals surface area (Å²) in [5.41, 5.74) is 7.00. The molecule has 0 fully saturated rings. The van der Waals surface area contributed by atoms with Crippen molar-refractivity contribution in [2.45, 2.75) is 19.8 Å². The molecule has 20 heavy (non-hydrogen) atoms. The Bertz CT molecular complexity index is 456. The summed E-state index contributed by atoms with van der Waals surface area (Å²) in [6, 6.07) is 5.38. The molecule has 1 aromatic carbocycles. The SMILES string of the molecule is Cc1ccc(OCC(=O)NCC(F)(F)CN)cc1C.Cl. The molecule has 1 amide bonds. The van der Waals surface area contributed by atoms with Crippen molar-refractivity contribution >= 4 is 18.3 Å². The molecule has 0 heterocycles. The van der Waals surface area contributed by atoms with Gasteiger partial charge in [0, 0.05) is 0 Å². The monoisotopic (exact) mass is 308 g/mol. The Balaban J connectivity index is 0.00000361. The molecule has 0 aliphatic heterocycles. The zero-order chi connectivity index (χ0) is 14.5. The molecule has 7 heteroatoms. The van der Waals surface area contributed by atoms with Crippen LogP contribution in [-0.4, -0.2) is 31.5 Å². The van der Waals surface area contributed by atoms with Gasteiger partial charge in [0.2, 0.25) is 0 Å². The summed E-state index contributed by atoms with van der Waals surface area (Å²) < 4.78 is 30.8. The molecule has 0 saturated carbocycles. The van der Waals surface area contributed by atoms with Gasteiger partial charge < -0.3 is 15.8 Å². The van der Waals surface area contributed by atoms with Crippen LogP contribution in [0.5, 0.6) is 5.75 Å². The summed E-state index contributed by atoms with van der Waals surface area (Å²) in [6.07, 6.45) is 0. The average Bonchev–Trinajstić information content (AvgIpc) is 2.38. The Labute approximate surface area is 123 Å². The van der Waals surface area contributed by atoms with E-state index in [2.05, 4.69) is 5.32 Å². The Hall–Kier alpha value is -1.40. The molecule has 0 aliphatic rings. The molecule has 1 aromatic rings. The second-order valence-corrected chi connectivity index (χ2v) is 4.37. The van der Waals surface area contributed by atoms with E-state index in [-0.39, 0.29) is 19.0 Å². The van der Waals surface area contributed by atoms with E-state index in [1.165, 1.54) is 0 Å². The number of nitrogens with two attached hydrogens (primary N) is 1. The van der Waals surface area contributed by atoms with E-state index in [1.54, 1.807) is 12.1 Å². The molecule has 4 nitrogen and oxygen atoms in total. The quantitative estimate of drug-likeness (QED) is 0.842. The van der Waals surface area contributed by atoms with Crippen molar-refractivity contribution in [2.24, 2.45) is 5.73 Å². The van der Waals surface area contributed by atoms with Gasteiger partial charge in [-0.25, -0.2) is 8.78 Å². The van der Waals surface area contributed by atoms with Crippen molar-refractivity contribution in [1.82, 2.24) is 5.32 Å². The second kappa shape index (κ2) is 8.01. The van der Waals surface area contributed by atoms with Gasteiger partial charge in [0.25, 0.3) is 11.8 Å². The summed E-state index contributed by atoms with van der Waals surface area (Å²) >= 11 is 0. The predicted molar refractivity (Wildman–Crippen MR) is 75.7 cm³/mol. The zero-order valence-electron chi connectivity index (χ0n) is 11.4. The highest BCUT2D eigenvalue weighted by atomic mass is 35.5. The van der Waals surface area contributed by atoms with Gasteiger partial charge in [-0.2, -0.15) is 0 Å². The number of benzene rings is 1. The molecule has 3 N–H and O–H groups in total. The molecule has 1 rings (SSSR count). The first-order valence-electron chi connectivity index (χ1n) is 5.89. The number of hydrogen-bond donors (Lipinski definition) is 2. The number of amides is 1. The lowest BCUT2D eigenvalue weighted by Gasteiger charge is -2.14.